The molecule has 1 aromatic carbocycles. The maximum Gasteiger partial charge on any atom is 0.223 e. The highest BCUT2D eigenvalue weighted by atomic mass is 16.5. The molecule has 0 aliphatic heterocycles. The van der Waals surface area contributed by atoms with Crippen LogP contribution in [0, 0.1) is 11.8 Å². The molecule has 0 heterocycles. The number of benzene rings is 1. The topological polar surface area (TPSA) is 64.3 Å². The molecule has 116 valence electrons. The van der Waals surface area contributed by atoms with E-state index in [1.807, 2.05) is 18.2 Å². The number of nitrogen functional groups attached to an aromatic ring is 1. The Morgan fingerprint density at radius 2 is 2.10 bits per heavy atom. The number of rotatable bonds is 5. The van der Waals surface area contributed by atoms with Crippen molar-refractivity contribution in [2.45, 2.75) is 45.6 Å². The molecule has 3 atom stereocenters. The number of para-hydroxylation sites is 2. The van der Waals surface area contributed by atoms with Gasteiger partial charge in [-0.2, -0.15) is 0 Å². The van der Waals surface area contributed by atoms with Gasteiger partial charge in [0.1, 0.15) is 5.75 Å². The fraction of sp³-hybridized carbons (Fsp3) is 0.588. The highest BCUT2D eigenvalue weighted by Crippen LogP contribution is 2.29. The molecule has 1 aromatic rings. The molecule has 0 bridgehead atoms. The number of carbonyl (C=O) groups is 1. The van der Waals surface area contributed by atoms with E-state index in [2.05, 4.69) is 19.2 Å². The van der Waals surface area contributed by atoms with Crippen molar-refractivity contribution in [3.05, 3.63) is 24.3 Å². The van der Waals surface area contributed by atoms with E-state index in [1.54, 1.807) is 6.07 Å². The number of nitrogens with one attached hydrogen (secondary N) is 1. The predicted molar refractivity (Wildman–Crippen MR) is 85.1 cm³/mol. The molecule has 3 unspecified atom stereocenters. The fourth-order valence-electron chi connectivity index (χ4n) is 2.93. The molecule has 1 fully saturated rings. The van der Waals surface area contributed by atoms with Gasteiger partial charge in [0.15, 0.2) is 0 Å². The average molecular weight is 290 g/mol. The molecule has 0 saturated heterocycles. The lowest BCUT2D eigenvalue weighted by Crippen LogP contribution is -2.44. The van der Waals surface area contributed by atoms with Crippen molar-refractivity contribution in [3.8, 4) is 5.75 Å². The predicted octanol–water partition coefficient (Wildman–Crippen LogP) is 2.98. The van der Waals surface area contributed by atoms with Crippen LogP contribution in [0.25, 0.3) is 0 Å². The van der Waals surface area contributed by atoms with Crippen molar-refractivity contribution >= 4 is 11.6 Å². The maximum atomic E-state index is 12.0. The molecule has 4 heteroatoms. The van der Waals surface area contributed by atoms with Crippen LogP contribution in [0.15, 0.2) is 24.3 Å². The van der Waals surface area contributed by atoms with E-state index in [-0.39, 0.29) is 5.91 Å². The van der Waals surface area contributed by atoms with Gasteiger partial charge in [-0.1, -0.05) is 38.8 Å². The quantitative estimate of drug-likeness (QED) is 0.819. The van der Waals surface area contributed by atoms with Crippen LogP contribution in [0.1, 0.15) is 39.5 Å². The van der Waals surface area contributed by atoms with Crippen LogP contribution < -0.4 is 15.8 Å². The SMILES string of the molecule is CC1CCCC(NC(=O)CCOc2ccccc2N)C1C. The van der Waals surface area contributed by atoms with Crippen LogP contribution in [0.5, 0.6) is 5.75 Å². The third-order valence-electron chi connectivity index (χ3n) is 4.56. The first-order valence-electron chi connectivity index (χ1n) is 7.84. The van der Waals surface area contributed by atoms with Gasteiger partial charge in [-0.3, -0.25) is 4.79 Å². The zero-order chi connectivity index (χ0) is 15.2. The van der Waals surface area contributed by atoms with Gasteiger partial charge in [0.05, 0.1) is 18.7 Å². The highest BCUT2D eigenvalue weighted by molar-refractivity contribution is 5.76. The van der Waals surface area contributed by atoms with Gasteiger partial charge < -0.3 is 15.8 Å². The zero-order valence-corrected chi connectivity index (χ0v) is 13.0. The molecule has 2 rings (SSSR count). The van der Waals surface area contributed by atoms with Crippen molar-refractivity contribution in [2.75, 3.05) is 12.3 Å². The number of amides is 1. The number of nitrogens with two attached hydrogens (primary N) is 1. The molecule has 0 aromatic heterocycles. The standard InChI is InChI=1S/C17H26N2O2/c1-12-6-5-8-15(13(12)2)19-17(20)10-11-21-16-9-4-3-7-14(16)18/h3-4,7,9,12-13,15H,5-6,8,10-11,18H2,1-2H3,(H,19,20). The molecular formula is C17H26N2O2. The van der Waals surface area contributed by atoms with Gasteiger partial charge in [0.2, 0.25) is 5.91 Å². The van der Waals surface area contributed by atoms with Crippen molar-refractivity contribution in [3.63, 3.8) is 0 Å². The summed E-state index contributed by atoms with van der Waals surface area (Å²) in [5.41, 5.74) is 6.40. The summed E-state index contributed by atoms with van der Waals surface area (Å²) < 4.78 is 5.56. The Morgan fingerprint density at radius 3 is 2.86 bits per heavy atom. The molecular weight excluding hydrogens is 264 g/mol. The third-order valence-corrected chi connectivity index (χ3v) is 4.56. The third kappa shape index (κ3) is 4.38. The second-order valence-corrected chi connectivity index (χ2v) is 6.08. The van der Waals surface area contributed by atoms with Crippen molar-refractivity contribution in [1.82, 2.24) is 5.32 Å². The van der Waals surface area contributed by atoms with Crippen molar-refractivity contribution < 1.29 is 9.53 Å². The van der Waals surface area contributed by atoms with Crippen LogP contribution >= 0.6 is 0 Å². The summed E-state index contributed by atoms with van der Waals surface area (Å²) in [6.45, 7) is 4.86. The van der Waals surface area contributed by atoms with Crippen LogP contribution in [-0.2, 0) is 4.79 Å². The van der Waals surface area contributed by atoms with Crippen LogP contribution in [-0.4, -0.2) is 18.6 Å². The minimum Gasteiger partial charge on any atom is -0.491 e. The Hall–Kier alpha value is -1.71. The van der Waals surface area contributed by atoms with Gasteiger partial charge >= 0.3 is 0 Å². The van der Waals surface area contributed by atoms with E-state index < -0.39 is 0 Å². The summed E-state index contributed by atoms with van der Waals surface area (Å²) in [4.78, 5) is 12.0. The smallest absolute Gasteiger partial charge is 0.223 e. The second-order valence-electron chi connectivity index (χ2n) is 6.08. The highest BCUT2D eigenvalue weighted by Gasteiger charge is 2.27. The molecule has 4 nitrogen and oxygen atoms in total. The first-order chi connectivity index (χ1) is 10.1. The minimum absolute atomic E-state index is 0.0652. The summed E-state index contributed by atoms with van der Waals surface area (Å²) in [7, 11) is 0. The van der Waals surface area contributed by atoms with E-state index >= 15 is 0 Å². The molecule has 1 aliphatic carbocycles. The molecule has 1 amide bonds. The lowest BCUT2D eigenvalue weighted by molar-refractivity contribution is -0.123. The van der Waals surface area contributed by atoms with E-state index in [0.29, 0.717) is 42.3 Å². The van der Waals surface area contributed by atoms with E-state index in [1.165, 1.54) is 12.8 Å². The fourth-order valence-corrected chi connectivity index (χ4v) is 2.93. The molecule has 3 N–H and O–H groups in total. The van der Waals surface area contributed by atoms with Gasteiger partial charge in [-0.05, 0) is 30.4 Å². The maximum absolute atomic E-state index is 12.0. The Morgan fingerprint density at radius 1 is 1.33 bits per heavy atom. The van der Waals surface area contributed by atoms with E-state index in [0.717, 1.165) is 6.42 Å². The Bertz CT molecular complexity index is 476. The summed E-state index contributed by atoms with van der Waals surface area (Å²) >= 11 is 0. The lowest BCUT2D eigenvalue weighted by Gasteiger charge is -2.34. The number of carbonyl (C=O) groups excluding carboxylic acids is 1. The van der Waals surface area contributed by atoms with Crippen LogP contribution in [0.3, 0.4) is 0 Å². The van der Waals surface area contributed by atoms with Crippen molar-refractivity contribution in [2.24, 2.45) is 11.8 Å². The summed E-state index contributed by atoms with van der Waals surface area (Å²) in [6.07, 6.45) is 3.92. The zero-order valence-electron chi connectivity index (χ0n) is 13.0. The molecule has 1 saturated carbocycles. The molecule has 21 heavy (non-hydrogen) atoms. The van der Waals surface area contributed by atoms with Gasteiger partial charge in [-0.15, -0.1) is 0 Å². The Kier molecular flexibility index (Phi) is 5.48. The monoisotopic (exact) mass is 290 g/mol. The molecule has 1 aliphatic rings. The normalized spacial score (nSPS) is 25.3. The number of hydrogen-bond acceptors (Lipinski definition) is 3. The second kappa shape index (κ2) is 7.34. The summed E-state index contributed by atoms with van der Waals surface area (Å²) in [6, 6.07) is 7.65. The van der Waals surface area contributed by atoms with E-state index in [9.17, 15) is 4.79 Å². The average Bonchev–Trinajstić information content (AvgIpc) is 2.46. The number of anilines is 1. The Balaban J connectivity index is 1.74. The summed E-state index contributed by atoms with van der Waals surface area (Å²) in [5.74, 6) is 1.94. The minimum atomic E-state index is 0.0652. The van der Waals surface area contributed by atoms with Gasteiger partial charge in [-0.25, -0.2) is 0 Å². The van der Waals surface area contributed by atoms with E-state index in [4.69, 9.17) is 10.5 Å². The van der Waals surface area contributed by atoms with Crippen LogP contribution in [0.2, 0.25) is 0 Å². The van der Waals surface area contributed by atoms with Crippen molar-refractivity contribution in [1.29, 1.82) is 0 Å². The number of hydrogen-bond donors (Lipinski definition) is 2. The first-order valence-corrected chi connectivity index (χ1v) is 7.84. The largest absolute Gasteiger partial charge is 0.491 e. The van der Waals surface area contributed by atoms with Gasteiger partial charge in [0.25, 0.3) is 0 Å². The lowest BCUT2D eigenvalue weighted by atomic mass is 9.78. The first kappa shape index (κ1) is 15.7. The molecule has 0 spiro atoms. The number of ether oxygens (including phenoxy) is 1. The molecule has 0 radical (unpaired) electrons. The Labute approximate surface area is 127 Å². The van der Waals surface area contributed by atoms with Gasteiger partial charge in [0, 0.05) is 6.04 Å². The summed E-state index contributed by atoms with van der Waals surface area (Å²) in [5, 5.41) is 3.15. The van der Waals surface area contributed by atoms with Crippen LogP contribution in [0.4, 0.5) is 5.69 Å².